The number of nitrogens with one attached hydrogen (secondary N) is 1. The van der Waals surface area contributed by atoms with E-state index < -0.39 is 0 Å². The number of ether oxygens (including phenoxy) is 2. The van der Waals surface area contributed by atoms with Gasteiger partial charge in [-0.25, -0.2) is 5.43 Å². The van der Waals surface area contributed by atoms with Crippen LogP contribution >= 0.6 is 11.6 Å². The first-order chi connectivity index (χ1) is 11.6. The predicted octanol–water partition coefficient (Wildman–Crippen LogP) is 3.57. The zero-order chi connectivity index (χ0) is 16.9. The molecule has 0 atom stereocenters. The van der Waals surface area contributed by atoms with Gasteiger partial charge in [-0.1, -0.05) is 29.3 Å². The van der Waals surface area contributed by atoms with Gasteiger partial charge >= 0.3 is 0 Å². The first-order valence-electron chi connectivity index (χ1n) is 7.63. The molecule has 6 heteroatoms. The van der Waals surface area contributed by atoms with E-state index in [4.69, 9.17) is 21.1 Å². The minimum atomic E-state index is -0.272. The van der Waals surface area contributed by atoms with Crippen molar-refractivity contribution in [2.24, 2.45) is 5.10 Å². The van der Waals surface area contributed by atoms with Gasteiger partial charge in [-0.05, 0) is 36.8 Å². The Balaban J connectivity index is 1.70. The molecule has 0 unspecified atom stereocenters. The van der Waals surface area contributed by atoms with Crippen LogP contribution in [0.25, 0.3) is 0 Å². The van der Waals surface area contributed by atoms with E-state index in [1.165, 1.54) is 6.21 Å². The molecule has 1 heterocycles. The molecule has 0 fully saturated rings. The highest BCUT2D eigenvalue weighted by Crippen LogP contribution is 2.37. The maximum absolute atomic E-state index is 12.0. The molecule has 1 aliphatic rings. The summed E-state index contributed by atoms with van der Waals surface area (Å²) < 4.78 is 11.2. The molecular weight excluding hydrogens is 328 g/mol. The fraction of sp³-hybridized carbons (Fsp3) is 0.222. The smallest absolute Gasteiger partial charge is 0.271 e. The fourth-order valence-corrected chi connectivity index (χ4v) is 2.53. The number of amides is 1. The molecule has 0 radical (unpaired) electrons. The van der Waals surface area contributed by atoms with Gasteiger partial charge in [0.1, 0.15) is 0 Å². The van der Waals surface area contributed by atoms with E-state index in [0.29, 0.717) is 40.9 Å². The number of hydrazone groups is 1. The van der Waals surface area contributed by atoms with E-state index in [9.17, 15) is 4.79 Å². The predicted molar refractivity (Wildman–Crippen MR) is 93.3 cm³/mol. The third-order valence-corrected chi connectivity index (χ3v) is 3.80. The third kappa shape index (κ3) is 3.86. The number of carbonyl (C=O) groups excluding carboxylic acids is 1. The van der Waals surface area contributed by atoms with Crippen molar-refractivity contribution >= 4 is 23.7 Å². The van der Waals surface area contributed by atoms with Crippen LogP contribution in [0.1, 0.15) is 27.9 Å². The lowest BCUT2D eigenvalue weighted by Crippen LogP contribution is -2.17. The zero-order valence-corrected chi connectivity index (χ0v) is 14.0. The van der Waals surface area contributed by atoms with E-state index in [2.05, 4.69) is 10.5 Å². The number of hydrogen-bond acceptors (Lipinski definition) is 4. The van der Waals surface area contributed by atoms with Crippen molar-refractivity contribution in [3.63, 3.8) is 0 Å². The van der Waals surface area contributed by atoms with Gasteiger partial charge in [-0.15, -0.1) is 0 Å². The fourth-order valence-electron chi connectivity index (χ4n) is 2.26. The molecule has 2 aromatic rings. The number of fused-ring (bicyclic) bond motifs is 1. The number of nitrogens with zero attached hydrogens (tertiary/aromatic N) is 1. The molecule has 2 aromatic carbocycles. The summed E-state index contributed by atoms with van der Waals surface area (Å²) >= 11 is 6.22. The second-order valence-electron chi connectivity index (χ2n) is 5.45. The third-order valence-electron chi connectivity index (χ3n) is 3.52. The highest BCUT2D eigenvalue weighted by atomic mass is 35.5. The molecule has 0 saturated heterocycles. The Morgan fingerprint density at radius 1 is 1.21 bits per heavy atom. The quantitative estimate of drug-likeness (QED) is 0.684. The molecular formula is C18H17ClN2O3. The van der Waals surface area contributed by atoms with E-state index in [1.54, 1.807) is 24.3 Å². The standard InChI is InChI=1S/C18H17ClN2O3/c1-12-3-5-14(6-4-12)18(22)21-20-11-13-9-15(19)17-16(10-13)23-7-2-8-24-17/h3-6,9-11H,2,7-8H2,1H3,(H,21,22)/b20-11-. The summed E-state index contributed by atoms with van der Waals surface area (Å²) in [5, 5.41) is 4.43. The molecule has 0 bridgehead atoms. The van der Waals surface area contributed by atoms with E-state index in [0.717, 1.165) is 12.0 Å². The van der Waals surface area contributed by atoms with Crippen LogP contribution in [0.3, 0.4) is 0 Å². The molecule has 5 nitrogen and oxygen atoms in total. The minimum Gasteiger partial charge on any atom is -0.489 e. The number of hydrogen-bond donors (Lipinski definition) is 1. The van der Waals surface area contributed by atoms with Gasteiger partial charge in [-0.2, -0.15) is 5.10 Å². The summed E-state index contributed by atoms with van der Waals surface area (Å²) in [7, 11) is 0. The van der Waals surface area contributed by atoms with Gasteiger partial charge in [-0.3, -0.25) is 4.79 Å². The summed E-state index contributed by atoms with van der Waals surface area (Å²) in [5.74, 6) is 0.869. The monoisotopic (exact) mass is 344 g/mol. The first-order valence-corrected chi connectivity index (χ1v) is 8.00. The SMILES string of the molecule is Cc1ccc(C(=O)N/N=C\c2cc(Cl)c3c(c2)OCCCO3)cc1. The van der Waals surface area contributed by atoms with Crippen molar-refractivity contribution < 1.29 is 14.3 Å². The Kier molecular flexibility index (Phi) is 5.01. The lowest BCUT2D eigenvalue weighted by Gasteiger charge is -2.09. The first kappa shape index (κ1) is 16.3. The maximum atomic E-state index is 12.0. The minimum absolute atomic E-state index is 0.272. The van der Waals surface area contributed by atoms with Crippen molar-refractivity contribution in [2.45, 2.75) is 13.3 Å². The zero-order valence-electron chi connectivity index (χ0n) is 13.2. The molecule has 124 valence electrons. The second kappa shape index (κ2) is 7.36. The highest BCUT2D eigenvalue weighted by Gasteiger charge is 2.15. The van der Waals surface area contributed by atoms with Crippen molar-refractivity contribution in [1.82, 2.24) is 5.43 Å². The van der Waals surface area contributed by atoms with Crippen molar-refractivity contribution in [3.8, 4) is 11.5 Å². The van der Waals surface area contributed by atoms with E-state index >= 15 is 0 Å². The molecule has 1 aliphatic heterocycles. The van der Waals surface area contributed by atoms with E-state index in [1.807, 2.05) is 19.1 Å². The maximum Gasteiger partial charge on any atom is 0.271 e. The number of rotatable bonds is 3. The van der Waals surface area contributed by atoms with Crippen LogP contribution in [0.5, 0.6) is 11.5 Å². The molecule has 0 aromatic heterocycles. The molecule has 0 spiro atoms. The molecule has 1 amide bonds. The Labute approximate surface area is 145 Å². The van der Waals surface area contributed by atoms with Crippen molar-refractivity contribution in [1.29, 1.82) is 0 Å². The lowest BCUT2D eigenvalue weighted by molar-refractivity contribution is 0.0955. The van der Waals surface area contributed by atoms with Crippen LogP contribution in [-0.2, 0) is 0 Å². The molecule has 24 heavy (non-hydrogen) atoms. The van der Waals surface area contributed by atoms with Crippen molar-refractivity contribution in [3.05, 3.63) is 58.1 Å². The average molecular weight is 345 g/mol. The summed E-state index contributed by atoms with van der Waals surface area (Å²) in [6.07, 6.45) is 2.33. The summed E-state index contributed by atoms with van der Waals surface area (Å²) in [6.45, 7) is 3.12. The van der Waals surface area contributed by atoms with Gasteiger partial charge in [0.2, 0.25) is 0 Å². The Morgan fingerprint density at radius 3 is 2.75 bits per heavy atom. The number of aryl methyl sites for hydroxylation is 1. The highest BCUT2D eigenvalue weighted by molar-refractivity contribution is 6.32. The topological polar surface area (TPSA) is 59.9 Å². The molecule has 3 rings (SSSR count). The Hall–Kier alpha value is -2.53. The van der Waals surface area contributed by atoms with Crippen LogP contribution in [0.2, 0.25) is 5.02 Å². The van der Waals surface area contributed by atoms with Crippen LogP contribution in [-0.4, -0.2) is 25.3 Å². The summed E-state index contributed by atoms with van der Waals surface area (Å²) in [6, 6.07) is 10.8. The Bertz CT molecular complexity index is 773. The van der Waals surface area contributed by atoms with Gasteiger partial charge in [0.05, 0.1) is 24.5 Å². The second-order valence-corrected chi connectivity index (χ2v) is 5.85. The van der Waals surface area contributed by atoms with Crippen LogP contribution in [0.4, 0.5) is 0 Å². The van der Waals surface area contributed by atoms with Crippen LogP contribution in [0, 0.1) is 6.92 Å². The molecule has 1 N–H and O–H groups in total. The van der Waals surface area contributed by atoms with Gasteiger partial charge in [0, 0.05) is 12.0 Å². The van der Waals surface area contributed by atoms with Crippen LogP contribution < -0.4 is 14.9 Å². The van der Waals surface area contributed by atoms with Crippen molar-refractivity contribution in [2.75, 3.05) is 13.2 Å². The average Bonchev–Trinajstić information content (AvgIpc) is 2.81. The summed E-state index contributed by atoms with van der Waals surface area (Å²) in [5.41, 5.74) is 4.86. The largest absolute Gasteiger partial charge is 0.489 e. The lowest BCUT2D eigenvalue weighted by atomic mass is 10.1. The van der Waals surface area contributed by atoms with Gasteiger partial charge in [0.15, 0.2) is 11.5 Å². The number of carbonyl (C=O) groups is 1. The normalized spacial score (nSPS) is 13.6. The van der Waals surface area contributed by atoms with Gasteiger partial charge < -0.3 is 9.47 Å². The van der Waals surface area contributed by atoms with Crippen LogP contribution in [0.15, 0.2) is 41.5 Å². The molecule has 0 aliphatic carbocycles. The number of benzene rings is 2. The molecule has 0 saturated carbocycles. The van der Waals surface area contributed by atoms with Gasteiger partial charge in [0.25, 0.3) is 5.91 Å². The Morgan fingerprint density at radius 2 is 1.96 bits per heavy atom. The summed E-state index contributed by atoms with van der Waals surface area (Å²) in [4.78, 5) is 12.0. The number of halogens is 1. The van der Waals surface area contributed by atoms with E-state index in [-0.39, 0.29) is 5.91 Å².